The fourth-order valence-electron chi connectivity index (χ4n) is 8.75. The summed E-state index contributed by atoms with van der Waals surface area (Å²) in [5.74, 6) is 2.51. The maximum Gasteiger partial charge on any atom is 0.388 e. The summed E-state index contributed by atoms with van der Waals surface area (Å²) >= 11 is 0. The molecule has 40 heavy (non-hydrogen) atoms. The summed E-state index contributed by atoms with van der Waals surface area (Å²) in [6.45, 7) is 22.5. The van der Waals surface area contributed by atoms with Crippen LogP contribution in [0.2, 0.25) is 0 Å². The normalized spacial score (nSPS) is 23.2. The molecule has 0 radical (unpaired) electrons. The van der Waals surface area contributed by atoms with Crippen molar-refractivity contribution in [1.82, 2.24) is 4.48 Å². The van der Waals surface area contributed by atoms with Crippen molar-refractivity contribution in [3.63, 3.8) is 0 Å². The smallest absolute Gasteiger partial charge is 0.159 e. The van der Waals surface area contributed by atoms with Crippen molar-refractivity contribution in [1.29, 1.82) is 0 Å². The highest BCUT2D eigenvalue weighted by Gasteiger charge is 2.67. The van der Waals surface area contributed by atoms with Gasteiger partial charge >= 0.3 is 5.84 Å². The van der Waals surface area contributed by atoms with Crippen molar-refractivity contribution in [3.8, 4) is 11.1 Å². The van der Waals surface area contributed by atoms with Gasteiger partial charge in [0.15, 0.2) is 12.2 Å². The lowest BCUT2D eigenvalue weighted by Crippen LogP contribution is -2.53. The van der Waals surface area contributed by atoms with E-state index in [1.807, 2.05) is 0 Å². The SMILES string of the molecule is CCC1(CC)CC[N+]2=C3c4c(cccc41)-c1cc(C)c(C)cc1[N+]31C(=C2)c2c(C(C)C)cc(C(C)C)cc2C1C. The van der Waals surface area contributed by atoms with E-state index in [9.17, 15) is 0 Å². The summed E-state index contributed by atoms with van der Waals surface area (Å²) < 4.78 is 3.54. The zero-order valence-electron chi connectivity index (χ0n) is 26.1. The highest BCUT2D eigenvalue weighted by atomic mass is 15.5. The second-order valence-electron chi connectivity index (χ2n) is 13.7. The molecule has 3 aromatic carbocycles. The predicted molar refractivity (Wildman–Crippen MR) is 170 cm³/mol. The first kappa shape index (κ1) is 26.0. The quantitative estimate of drug-likeness (QED) is 0.233. The van der Waals surface area contributed by atoms with Crippen LogP contribution in [0.4, 0.5) is 5.69 Å². The molecule has 0 amide bonds. The Morgan fingerprint density at radius 1 is 0.900 bits per heavy atom. The van der Waals surface area contributed by atoms with Crippen molar-refractivity contribution in [2.24, 2.45) is 0 Å². The topological polar surface area (TPSA) is 3.01 Å². The van der Waals surface area contributed by atoms with Gasteiger partial charge < -0.3 is 0 Å². The molecule has 0 aromatic heterocycles. The fraction of sp³-hybridized carbons (Fsp3) is 0.447. The lowest BCUT2D eigenvalue weighted by molar-refractivity contribution is -0.456. The van der Waals surface area contributed by atoms with Crippen molar-refractivity contribution >= 4 is 17.2 Å². The molecule has 4 aliphatic heterocycles. The first-order valence-corrected chi connectivity index (χ1v) is 15.8. The van der Waals surface area contributed by atoms with Gasteiger partial charge in [-0.15, -0.1) is 4.58 Å². The maximum absolute atomic E-state index is 2.70. The predicted octanol–water partition coefficient (Wildman–Crippen LogP) is 9.85. The average molecular weight is 531 g/mol. The number of hydrogen-bond acceptors (Lipinski definition) is 0. The molecule has 4 aliphatic rings. The van der Waals surface area contributed by atoms with Gasteiger partial charge in [-0.1, -0.05) is 65.8 Å². The third-order valence-electron chi connectivity index (χ3n) is 11.4. The number of rotatable bonds is 4. The summed E-state index contributed by atoms with van der Waals surface area (Å²) in [6.07, 6.45) is 6.15. The molecular formula is C38H46N2+2. The number of hydrogen-bond donors (Lipinski definition) is 0. The first-order chi connectivity index (χ1) is 19.1. The summed E-state index contributed by atoms with van der Waals surface area (Å²) in [5, 5.41) is 0. The van der Waals surface area contributed by atoms with E-state index in [-0.39, 0.29) is 5.41 Å². The Kier molecular flexibility index (Phi) is 5.53. The summed E-state index contributed by atoms with van der Waals surface area (Å²) in [6, 6.07) is 17.7. The van der Waals surface area contributed by atoms with Gasteiger partial charge in [0.2, 0.25) is 11.9 Å². The third-order valence-corrected chi connectivity index (χ3v) is 11.4. The molecule has 0 fully saturated rings. The third kappa shape index (κ3) is 2.96. The second-order valence-corrected chi connectivity index (χ2v) is 13.7. The van der Waals surface area contributed by atoms with Gasteiger partial charge in [0.25, 0.3) is 0 Å². The van der Waals surface area contributed by atoms with Crippen LogP contribution in [0.15, 0.2) is 48.7 Å². The monoisotopic (exact) mass is 530 g/mol. The van der Waals surface area contributed by atoms with Crippen LogP contribution in [0.5, 0.6) is 0 Å². The van der Waals surface area contributed by atoms with E-state index in [0.29, 0.717) is 17.9 Å². The Labute approximate surface area is 241 Å². The van der Waals surface area contributed by atoms with E-state index in [2.05, 4.69) is 116 Å². The van der Waals surface area contributed by atoms with Crippen LogP contribution in [0.25, 0.3) is 16.8 Å². The molecular weight excluding hydrogens is 484 g/mol. The Hall–Kier alpha value is -2.97. The molecule has 0 N–H and O–H groups in total. The van der Waals surface area contributed by atoms with Crippen LogP contribution >= 0.6 is 0 Å². The van der Waals surface area contributed by atoms with Crippen LogP contribution in [0.1, 0.15) is 130 Å². The standard InChI is InChI=1S/C38H46N2/c1-10-38(11-2)15-16-39-21-34-35-29(23(5)6)19-27(22(3)4)20-30(35)26(9)40(34)33-18-25(8)24(7)17-31(33)28-13-12-14-32(38)36(28)37(39)40/h12-14,17-23,26H,10-11,15-16H2,1-9H3/q+2. The van der Waals surface area contributed by atoms with Gasteiger partial charge in [-0.3, -0.25) is 0 Å². The number of amidine groups is 1. The van der Waals surface area contributed by atoms with Gasteiger partial charge in [0.05, 0.1) is 5.56 Å². The minimum absolute atomic E-state index is 0.210. The molecule has 0 bridgehead atoms. The summed E-state index contributed by atoms with van der Waals surface area (Å²) in [4.78, 5) is 0. The minimum atomic E-state index is 0.210. The van der Waals surface area contributed by atoms with Crippen LogP contribution in [0, 0.1) is 13.8 Å². The Morgan fingerprint density at radius 2 is 1.62 bits per heavy atom. The molecule has 2 nitrogen and oxygen atoms in total. The number of aryl methyl sites for hydroxylation is 2. The highest BCUT2D eigenvalue weighted by molar-refractivity contribution is 6.22. The van der Waals surface area contributed by atoms with E-state index in [0.717, 1.165) is 11.0 Å². The van der Waals surface area contributed by atoms with Crippen molar-refractivity contribution in [2.45, 2.75) is 105 Å². The van der Waals surface area contributed by atoms with Crippen LogP contribution in [0.3, 0.4) is 0 Å². The molecule has 3 aromatic rings. The number of fused-ring (bicyclic) bond motifs is 4. The van der Waals surface area contributed by atoms with E-state index in [4.69, 9.17) is 0 Å². The molecule has 0 saturated carbocycles. The van der Waals surface area contributed by atoms with Crippen molar-refractivity contribution < 1.29 is 4.58 Å². The van der Waals surface area contributed by atoms with Crippen LogP contribution < -0.4 is 4.48 Å². The molecule has 2 unspecified atom stereocenters. The molecule has 2 atom stereocenters. The van der Waals surface area contributed by atoms with Gasteiger partial charge in [-0.05, 0) is 85.4 Å². The minimum Gasteiger partial charge on any atom is -0.159 e. The van der Waals surface area contributed by atoms with E-state index in [1.54, 1.807) is 11.1 Å². The van der Waals surface area contributed by atoms with Crippen LogP contribution in [-0.4, -0.2) is 17.0 Å². The molecule has 0 saturated heterocycles. The average Bonchev–Trinajstić information content (AvgIpc) is 3.34. The van der Waals surface area contributed by atoms with Crippen LogP contribution in [-0.2, 0) is 5.41 Å². The Morgan fingerprint density at radius 3 is 2.30 bits per heavy atom. The zero-order valence-corrected chi connectivity index (χ0v) is 26.1. The van der Waals surface area contributed by atoms with Gasteiger partial charge in [-0.2, -0.15) is 4.48 Å². The van der Waals surface area contributed by atoms with Gasteiger partial charge in [0, 0.05) is 34.6 Å². The van der Waals surface area contributed by atoms with E-state index >= 15 is 0 Å². The summed E-state index contributed by atoms with van der Waals surface area (Å²) in [5.41, 5.74) is 18.0. The molecule has 7 rings (SSSR count). The highest BCUT2D eigenvalue weighted by Crippen LogP contribution is 2.63. The van der Waals surface area contributed by atoms with Gasteiger partial charge in [-0.25, -0.2) is 0 Å². The number of quaternary nitrogens is 1. The van der Waals surface area contributed by atoms with Crippen molar-refractivity contribution in [3.05, 3.63) is 93.2 Å². The van der Waals surface area contributed by atoms with Gasteiger partial charge in [0.1, 0.15) is 11.6 Å². The number of benzene rings is 3. The second kappa shape index (κ2) is 8.52. The zero-order chi connectivity index (χ0) is 28.3. The molecule has 1 spiro atoms. The molecule has 2 heteroatoms. The Bertz CT molecular complexity index is 1660. The lowest BCUT2D eigenvalue weighted by Gasteiger charge is -2.40. The maximum atomic E-state index is 2.70. The molecule has 206 valence electrons. The fourth-order valence-corrected chi connectivity index (χ4v) is 8.75. The summed E-state index contributed by atoms with van der Waals surface area (Å²) in [7, 11) is 0. The Balaban J connectivity index is 1.65. The number of nitrogens with zero attached hydrogens (tertiary/aromatic N) is 2. The molecule has 0 aliphatic carbocycles. The lowest BCUT2D eigenvalue weighted by atomic mass is 9.70. The van der Waals surface area contributed by atoms with Crippen molar-refractivity contribution in [2.75, 3.05) is 6.54 Å². The first-order valence-electron chi connectivity index (χ1n) is 15.8. The molecule has 4 heterocycles. The van der Waals surface area contributed by atoms with E-state index in [1.165, 1.54) is 81.0 Å². The van der Waals surface area contributed by atoms with E-state index < -0.39 is 0 Å². The largest absolute Gasteiger partial charge is 0.388 e.